The van der Waals surface area contributed by atoms with Crippen LogP contribution in [0.3, 0.4) is 0 Å². The number of carbonyl (C=O) groups is 2. The second kappa shape index (κ2) is 9.43. The normalized spacial score (nSPS) is 17.4. The lowest BCUT2D eigenvalue weighted by atomic mass is 9.95. The highest BCUT2D eigenvalue weighted by Crippen LogP contribution is 2.42. The fourth-order valence-electron chi connectivity index (χ4n) is 3.88. The number of aliphatic hydroxyl groups excluding tert-OH is 1. The van der Waals surface area contributed by atoms with E-state index in [4.69, 9.17) is 14.0 Å². The van der Waals surface area contributed by atoms with E-state index in [1.807, 2.05) is 20.8 Å². The zero-order valence-corrected chi connectivity index (χ0v) is 19.4. The second-order valence-corrected chi connectivity index (χ2v) is 8.16. The Morgan fingerprint density at radius 1 is 1.09 bits per heavy atom. The first-order chi connectivity index (χ1) is 16.3. The molecule has 4 rings (SSSR count). The maximum Gasteiger partial charge on any atom is 0.301 e. The number of aliphatic hydroxyl groups is 1. The fourth-order valence-corrected chi connectivity index (χ4v) is 3.88. The maximum atomic E-state index is 13.2. The first kappa shape index (κ1) is 23.1. The van der Waals surface area contributed by atoms with Gasteiger partial charge in [0.1, 0.15) is 23.0 Å². The largest absolute Gasteiger partial charge is 0.507 e. The van der Waals surface area contributed by atoms with Gasteiger partial charge in [-0.2, -0.15) is 0 Å². The van der Waals surface area contributed by atoms with E-state index in [9.17, 15) is 14.7 Å². The van der Waals surface area contributed by atoms with Crippen molar-refractivity contribution in [3.8, 4) is 11.5 Å². The number of aromatic nitrogens is 1. The molecule has 8 heteroatoms. The van der Waals surface area contributed by atoms with Crippen LogP contribution in [-0.2, 0) is 9.59 Å². The van der Waals surface area contributed by atoms with E-state index >= 15 is 0 Å². The lowest BCUT2D eigenvalue weighted by Crippen LogP contribution is -2.29. The molecule has 0 saturated carbocycles. The van der Waals surface area contributed by atoms with Crippen LogP contribution in [0.5, 0.6) is 11.5 Å². The third-order valence-electron chi connectivity index (χ3n) is 5.31. The van der Waals surface area contributed by atoms with Crippen LogP contribution >= 0.6 is 0 Å². The SMILES string of the molecule is CCOc1ccc(C2C(=C(O)c3ccc(OC(C)C)cc3)C(=O)C(=O)N2c2cc(C)on2)cc1. The number of ether oxygens (including phenoxy) is 2. The molecule has 8 nitrogen and oxygen atoms in total. The molecule has 0 aliphatic carbocycles. The van der Waals surface area contributed by atoms with Crippen LogP contribution in [0, 0.1) is 6.92 Å². The number of rotatable bonds is 7. The van der Waals surface area contributed by atoms with Gasteiger partial charge in [0.05, 0.1) is 24.3 Å². The van der Waals surface area contributed by atoms with Crippen molar-refractivity contribution in [2.45, 2.75) is 39.8 Å². The molecular weight excluding hydrogens is 436 g/mol. The van der Waals surface area contributed by atoms with Gasteiger partial charge in [-0.25, -0.2) is 0 Å². The first-order valence-electron chi connectivity index (χ1n) is 11.0. The predicted octanol–water partition coefficient (Wildman–Crippen LogP) is 4.80. The summed E-state index contributed by atoms with van der Waals surface area (Å²) < 4.78 is 16.3. The van der Waals surface area contributed by atoms with E-state index in [0.717, 1.165) is 0 Å². The minimum Gasteiger partial charge on any atom is -0.507 e. The topological polar surface area (TPSA) is 102 Å². The van der Waals surface area contributed by atoms with Crippen molar-refractivity contribution in [2.75, 3.05) is 11.5 Å². The monoisotopic (exact) mass is 462 g/mol. The van der Waals surface area contributed by atoms with Crippen molar-refractivity contribution in [3.05, 3.63) is 77.1 Å². The molecule has 1 unspecified atom stereocenters. The van der Waals surface area contributed by atoms with Crippen molar-refractivity contribution in [1.29, 1.82) is 0 Å². The van der Waals surface area contributed by atoms with E-state index in [0.29, 0.717) is 35.0 Å². The Morgan fingerprint density at radius 2 is 1.74 bits per heavy atom. The van der Waals surface area contributed by atoms with Crippen molar-refractivity contribution in [1.82, 2.24) is 5.16 Å². The van der Waals surface area contributed by atoms with Crippen molar-refractivity contribution in [2.24, 2.45) is 0 Å². The van der Waals surface area contributed by atoms with Crippen LogP contribution < -0.4 is 14.4 Å². The van der Waals surface area contributed by atoms with Gasteiger partial charge in [-0.15, -0.1) is 0 Å². The number of hydrogen-bond donors (Lipinski definition) is 1. The smallest absolute Gasteiger partial charge is 0.301 e. The molecule has 0 bridgehead atoms. The Labute approximate surface area is 197 Å². The van der Waals surface area contributed by atoms with Gasteiger partial charge in [0.25, 0.3) is 5.78 Å². The molecule has 2 aromatic carbocycles. The predicted molar refractivity (Wildman–Crippen MR) is 126 cm³/mol. The van der Waals surface area contributed by atoms with Crippen LogP contribution in [0.4, 0.5) is 5.82 Å². The molecule has 0 radical (unpaired) electrons. The lowest BCUT2D eigenvalue weighted by molar-refractivity contribution is -0.132. The van der Waals surface area contributed by atoms with Gasteiger partial charge in [0.15, 0.2) is 5.82 Å². The summed E-state index contributed by atoms with van der Waals surface area (Å²) in [5.74, 6) is 0.0831. The van der Waals surface area contributed by atoms with Crippen molar-refractivity contribution in [3.63, 3.8) is 0 Å². The summed E-state index contributed by atoms with van der Waals surface area (Å²) in [5, 5.41) is 15.1. The summed E-state index contributed by atoms with van der Waals surface area (Å²) in [6, 6.07) is 14.4. The van der Waals surface area contributed by atoms with Gasteiger partial charge in [0.2, 0.25) is 0 Å². The highest BCUT2D eigenvalue weighted by Gasteiger charge is 2.48. The molecule has 176 valence electrons. The number of Topliss-reactive ketones (excluding diaryl/α,β-unsaturated/α-hetero) is 1. The van der Waals surface area contributed by atoms with E-state index in [1.54, 1.807) is 61.5 Å². The van der Waals surface area contributed by atoms with E-state index in [1.165, 1.54) is 4.90 Å². The number of carbonyl (C=O) groups excluding carboxylic acids is 2. The molecule has 1 fully saturated rings. The first-order valence-corrected chi connectivity index (χ1v) is 11.0. The molecule has 34 heavy (non-hydrogen) atoms. The van der Waals surface area contributed by atoms with Crippen molar-refractivity contribution < 1.29 is 28.7 Å². The standard InChI is InChI=1S/C26H26N2O6/c1-5-32-19-10-6-17(7-11-19)23-22(24(29)18-8-12-20(13-9-18)33-15(2)3)25(30)26(31)28(23)21-14-16(4)34-27-21/h6-15,23,29H,5H2,1-4H3. The number of aryl methyl sites for hydroxylation is 1. The molecular formula is C26H26N2O6. The van der Waals surface area contributed by atoms with E-state index in [2.05, 4.69) is 5.16 Å². The molecule has 0 spiro atoms. The third-order valence-corrected chi connectivity index (χ3v) is 5.31. The average molecular weight is 463 g/mol. The Morgan fingerprint density at radius 3 is 2.29 bits per heavy atom. The Balaban J connectivity index is 1.83. The van der Waals surface area contributed by atoms with Crippen LogP contribution in [0.2, 0.25) is 0 Å². The zero-order chi connectivity index (χ0) is 24.4. The Kier molecular flexibility index (Phi) is 6.40. The van der Waals surface area contributed by atoms with Gasteiger partial charge < -0.3 is 19.1 Å². The molecule has 1 atom stereocenters. The summed E-state index contributed by atoms with van der Waals surface area (Å²) in [5.41, 5.74) is 0.971. The Bertz CT molecular complexity index is 1220. The quantitative estimate of drug-likeness (QED) is 0.306. The second-order valence-electron chi connectivity index (χ2n) is 8.16. The van der Waals surface area contributed by atoms with Gasteiger partial charge in [-0.1, -0.05) is 17.3 Å². The fraction of sp³-hybridized carbons (Fsp3) is 0.269. The van der Waals surface area contributed by atoms with Crippen molar-refractivity contribution >= 4 is 23.3 Å². The third kappa shape index (κ3) is 4.39. The number of amides is 1. The van der Waals surface area contributed by atoms with E-state index in [-0.39, 0.29) is 23.3 Å². The summed E-state index contributed by atoms with van der Waals surface area (Å²) in [6.45, 7) is 7.91. The van der Waals surface area contributed by atoms with Crippen LogP contribution in [0.1, 0.15) is 43.7 Å². The minimum absolute atomic E-state index is 0.00431. The number of hydrogen-bond acceptors (Lipinski definition) is 7. The summed E-state index contributed by atoms with van der Waals surface area (Å²) >= 11 is 0. The van der Waals surface area contributed by atoms with Crippen LogP contribution in [0.15, 0.2) is 64.7 Å². The van der Waals surface area contributed by atoms with E-state index < -0.39 is 17.7 Å². The van der Waals surface area contributed by atoms with Crippen LogP contribution in [-0.4, -0.2) is 34.7 Å². The molecule has 3 aromatic rings. The highest BCUT2D eigenvalue weighted by molar-refractivity contribution is 6.51. The number of anilines is 1. The summed E-state index contributed by atoms with van der Waals surface area (Å²) in [6.07, 6.45) is -0.00431. The minimum atomic E-state index is -0.897. The molecule has 1 amide bonds. The van der Waals surface area contributed by atoms with Gasteiger partial charge in [-0.3, -0.25) is 14.5 Å². The average Bonchev–Trinajstić information content (AvgIpc) is 3.35. The molecule has 1 aliphatic heterocycles. The molecule has 1 saturated heterocycles. The lowest BCUT2D eigenvalue weighted by Gasteiger charge is -2.23. The molecule has 1 aliphatic rings. The number of ketones is 1. The van der Waals surface area contributed by atoms with Gasteiger partial charge >= 0.3 is 5.91 Å². The summed E-state index contributed by atoms with van der Waals surface area (Å²) in [4.78, 5) is 27.5. The maximum absolute atomic E-state index is 13.2. The summed E-state index contributed by atoms with van der Waals surface area (Å²) in [7, 11) is 0. The van der Waals surface area contributed by atoms with Gasteiger partial charge in [0, 0.05) is 11.6 Å². The Hall–Kier alpha value is -4.07. The van der Waals surface area contributed by atoms with Crippen LogP contribution in [0.25, 0.3) is 5.76 Å². The highest BCUT2D eigenvalue weighted by atomic mass is 16.5. The number of benzene rings is 2. The molecule has 1 aromatic heterocycles. The zero-order valence-electron chi connectivity index (χ0n) is 19.4. The molecule has 2 heterocycles. The van der Waals surface area contributed by atoms with Gasteiger partial charge in [-0.05, 0) is 69.7 Å². The number of nitrogens with zero attached hydrogens (tertiary/aromatic N) is 2. The molecule has 1 N–H and O–H groups in total.